The smallest absolute Gasteiger partial charge is 0.289 e. The Labute approximate surface area is 202 Å². The highest BCUT2D eigenvalue weighted by molar-refractivity contribution is 7.93. The molecule has 0 saturated carbocycles. The van der Waals surface area contributed by atoms with Crippen LogP contribution in [0.1, 0.15) is 0 Å². The SMILES string of the molecule is O=C(CN(c1ccccc1)S(=O)(=O)c1ccccc1[N+](=O)[O-])Nc1ccccc1-c1ccccc1. The minimum atomic E-state index is -4.45. The van der Waals surface area contributed by atoms with Gasteiger partial charge in [-0.3, -0.25) is 19.2 Å². The summed E-state index contributed by atoms with van der Waals surface area (Å²) in [5.74, 6) is -0.598. The third-order valence-corrected chi connectivity index (χ3v) is 7.07. The van der Waals surface area contributed by atoms with Crippen LogP contribution in [0.3, 0.4) is 0 Å². The number of hydrogen-bond donors (Lipinski definition) is 1. The molecule has 0 radical (unpaired) electrons. The van der Waals surface area contributed by atoms with E-state index in [0.717, 1.165) is 27.6 Å². The third-order valence-electron chi connectivity index (χ3n) is 5.25. The van der Waals surface area contributed by atoms with Crippen molar-refractivity contribution in [3.63, 3.8) is 0 Å². The summed E-state index contributed by atoms with van der Waals surface area (Å²) in [5, 5.41) is 14.3. The number of hydrogen-bond acceptors (Lipinski definition) is 5. The molecule has 8 nitrogen and oxygen atoms in total. The first-order chi connectivity index (χ1) is 16.9. The van der Waals surface area contributed by atoms with Gasteiger partial charge in [0, 0.05) is 17.3 Å². The van der Waals surface area contributed by atoms with Crippen molar-refractivity contribution >= 4 is 33.0 Å². The maximum Gasteiger partial charge on any atom is 0.289 e. The molecular formula is C26H21N3O5S. The Morgan fingerprint density at radius 1 is 0.800 bits per heavy atom. The molecule has 0 aromatic heterocycles. The summed E-state index contributed by atoms with van der Waals surface area (Å²) in [5.41, 5.74) is 1.81. The molecule has 1 amide bonds. The second kappa shape index (κ2) is 10.2. The van der Waals surface area contributed by atoms with E-state index in [1.165, 1.54) is 24.3 Å². The summed E-state index contributed by atoms with van der Waals surface area (Å²) in [4.78, 5) is 23.4. The van der Waals surface area contributed by atoms with E-state index in [0.29, 0.717) is 5.69 Å². The quantitative estimate of drug-likeness (QED) is 0.275. The molecule has 35 heavy (non-hydrogen) atoms. The van der Waals surface area contributed by atoms with E-state index in [-0.39, 0.29) is 5.69 Å². The Balaban J connectivity index is 1.70. The zero-order valence-corrected chi connectivity index (χ0v) is 19.3. The lowest BCUT2D eigenvalue weighted by Crippen LogP contribution is -2.38. The number of rotatable bonds is 8. The van der Waals surface area contributed by atoms with Crippen LogP contribution in [0.2, 0.25) is 0 Å². The van der Waals surface area contributed by atoms with Crippen LogP contribution in [0.15, 0.2) is 114 Å². The third kappa shape index (κ3) is 5.20. The largest absolute Gasteiger partial charge is 0.324 e. The molecule has 0 heterocycles. The zero-order valence-electron chi connectivity index (χ0n) is 18.4. The zero-order chi connectivity index (χ0) is 24.8. The van der Waals surface area contributed by atoms with E-state index < -0.39 is 38.0 Å². The van der Waals surface area contributed by atoms with Gasteiger partial charge in [0.1, 0.15) is 6.54 Å². The Hall–Kier alpha value is -4.50. The average Bonchev–Trinajstić information content (AvgIpc) is 2.88. The van der Waals surface area contributed by atoms with Crippen LogP contribution in [0.5, 0.6) is 0 Å². The van der Waals surface area contributed by atoms with Crippen molar-refractivity contribution in [1.29, 1.82) is 0 Å². The van der Waals surface area contributed by atoms with Gasteiger partial charge in [-0.05, 0) is 29.8 Å². The molecule has 1 N–H and O–H groups in total. The number of nitrogens with zero attached hydrogens (tertiary/aromatic N) is 2. The maximum absolute atomic E-state index is 13.6. The van der Waals surface area contributed by atoms with E-state index in [2.05, 4.69) is 5.32 Å². The number of carbonyl (C=O) groups excluding carboxylic acids is 1. The standard InChI is InChI=1S/C26H21N3O5S/c30-26(27-23-16-8-7-15-22(23)20-11-3-1-4-12-20)19-28(21-13-5-2-6-14-21)35(33,34)25-18-10-9-17-24(25)29(31)32/h1-18H,19H2,(H,27,30). The monoisotopic (exact) mass is 487 g/mol. The fourth-order valence-corrected chi connectivity index (χ4v) is 5.22. The molecule has 0 aliphatic heterocycles. The lowest BCUT2D eigenvalue weighted by molar-refractivity contribution is -0.387. The molecule has 9 heteroatoms. The Bertz CT molecular complexity index is 1460. The first kappa shape index (κ1) is 23.7. The van der Waals surface area contributed by atoms with Gasteiger partial charge in [0.05, 0.1) is 10.6 Å². The Morgan fingerprint density at radius 3 is 2.06 bits per heavy atom. The van der Waals surface area contributed by atoms with Gasteiger partial charge in [0.15, 0.2) is 4.90 Å². The number of carbonyl (C=O) groups is 1. The predicted octanol–water partition coefficient (Wildman–Crippen LogP) is 5.10. The second-order valence-electron chi connectivity index (χ2n) is 7.53. The van der Waals surface area contributed by atoms with Crippen LogP contribution in [0.4, 0.5) is 17.1 Å². The van der Waals surface area contributed by atoms with Gasteiger partial charge in [0.2, 0.25) is 5.91 Å². The van der Waals surface area contributed by atoms with Crippen molar-refractivity contribution in [2.24, 2.45) is 0 Å². The van der Waals surface area contributed by atoms with Gasteiger partial charge in [-0.1, -0.05) is 78.9 Å². The summed E-state index contributed by atoms with van der Waals surface area (Å²) in [6.07, 6.45) is 0. The lowest BCUT2D eigenvalue weighted by Gasteiger charge is -2.24. The van der Waals surface area contributed by atoms with Gasteiger partial charge in [-0.15, -0.1) is 0 Å². The van der Waals surface area contributed by atoms with Crippen LogP contribution in [0.25, 0.3) is 11.1 Å². The summed E-state index contributed by atoms with van der Waals surface area (Å²) < 4.78 is 28.0. The molecule has 0 spiro atoms. The normalized spacial score (nSPS) is 11.0. The van der Waals surface area contributed by atoms with Crippen LogP contribution in [-0.2, 0) is 14.8 Å². The fourth-order valence-electron chi connectivity index (χ4n) is 3.64. The van der Waals surface area contributed by atoms with Crippen LogP contribution < -0.4 is 9.62 Å². The minimum Gasteiger partial charge on any atom is -0.324 e. The molecule has 0 aliphatic rings. The van der Waals surface area contributed by atoms with Gasteiger partial charge in [0.25, 0.3) is 15.7 Å². The summed E-state index contributed by atoms with van der Waals surface area (Å²) in [6.45, 7) is -0.582. The van der Waals surface area contributed by atoms with Crippen molar-refractivity contribution < 1.29 is 18.1 Å². The molecular weight excluding hydrogens is 466 g/mol. The molecule has 0 unspecified atom stereocenters. The topological polar surface area (TPSA) is 110 Å². The van der Waals surface area contributed by atoms with E-state index in [9.17, 15) is 23.3 Å². The molecule has 176 valence electrons. The number of benzene rings is 4. The van der Waals surface area contributed by atoms with E-state index >= 15 is 0 Å². The van der Waals surface area contributed by atoms with Crippen LogP contribution in [-0.4, -0.2) is 25.8 Å². The van der Waals surface area contributed by atoms with E-state index in [1.54, 1.807) is 30.3 Å². The van der Waals surface area contributed by atoms with Gasteiger partial charge < -0.3 is 5.32 Å². The minimum absolute atomic E-state index is 0.206. The van der Waals surface area contributed by atoms with Crippen molar-refractivity contribution in [1.82, 2.24) is 0 Å². The van der Waals surface area contributed by atoms with Crippen molar-refractivity contribution in [2.75, 3.05) is 16.2 Å². The molecule has 4 aromatic rings. The predicted molar refractivity (Wildman–Crippen MR) is 135 cm³/mol. The number of para-hydroxylation sites is 3. The number of amides is 1. The average molecular weight is 488 g/mol. The molecule has 0 saturated heterocycles. The maximum atomic E-state index is 13.6. The van der Waals surface area contributed by atoms with E-state index in [1.807, 2.05) is 42.5 Å². The Kier molecular flexibility index (Phi) is 6.88. The van der Waals surface area contributed by atoms with Gasteiger partial charge in [-0.2, -0.15) is 0 Å². The summed E-state index contributed by atoms with van der Waals surface area (Å²) >= 11 is 0. The molecule has 4 rings (SSSR count). The number of sulfonamides is 1. The number of anilines is 2. The van der Waals surface area contributed by atoms with Crippen molar-refractivity contribution in [3.05, 3.63) is 119 Å². The number of nitro groups is 1. The summed E-state index contributed by atoms with van der Waals surface area (Å²) in [7, 11) is -4.45. The molecule has 0 aliphatic carbocycles. The van der Waals surface area contributed by atoms with Crippen molar-refractivity contribution in [2.45, 2.75) is 4.90 Å². The lowest BCUT2D eigenvalue weighted by atomic mass is 10.0. The molecule has 0 atom stereocenters. The fraction of sp³-hybridized carbons (Fsp3) is 0.0385. The molecule has 0 fully saturated rings. The highest BCUT2D eigenvalue weighted by Crippen LogP contribution is 2.31. The Morgan fingerprint density at radius 2 is 1.37 bits per heavy atom. The van der Waals surface area contributed by atoms with Crippen LogP contribution in [0, 0.1) is 10.1 Å². The number of nitro benzene ring substituents is 1. The van der Waals surface area contributed by atoms with E-state index in [4.69, 9.17) is 0 Å². The van der Waals surface area contributed by atoms with Crippen molar-refractivity contribution in [3.8, 4) is 11.1 Å². The molecule has 0 bridgehead atoms. The highest BCUT2D eigenvalue weighted by atomic mass is 32.2. The second-order valence-corrected chi connectivity index (χ2v) is 9.36. The first-order valence-corrected chi connectivity index (χ1v) is 12.1. The van der Waals surface area contributed by atoms with Crippen LogP contribution >= 0.6 is 0 Å². The summed E-state index contributed by atoms with van der Waals surface area (Å²) in [6, 6.07) is 29.7. The first-order valence-electron chi connectivity index (χ1n) is 10.6. The van der Waals surface area contributed by atoms with Gasteiger partial charge >= 0.3 is 0 Å². The molecule has 4 aromatic carbocycles. The highest BCUT2D eigenvalue weighted by Gasteiger charge is 2.33. The number of nitrogens with one attached hydrogen (secondary N) is 1. The van der Waals surface area contributed by atoms with Gasteiger partial charge in [-0.25, -0.2) is 8.42 Å².